The predicted octanol–water partition coefficient (Wildman–Crippen LogP) is 5.43. The largest absolute Gasteiger partial charge is 0.207 e. The second-order valence-corrected chi connectivity index (χ2v) is 6.47. The molecule has 1 atom stereocenters. The van der Waals surface area contributed by atoms with Gasteiger partial charge in [-0.25, -0.2) is 8.78 Å². The molecule has 0 spiro atoms. The number of aryl methyl sites for hydroxylation is 1. The Morgan fingerprint density at radius 2 is 2.00 bits per heavy atom. The van der Waals surface area contributed by atoms with Gasteiger partial charge in [-0.2, -0.15) is 0 Å². The van der Waals surface area contributed by atoms with Crippen LogP contribution in [0.25, 0.3) is 0 Å². The summed E-state index contributed by atoms with van der Waals surface area (Å²) in [5.74, 6) is -1.22. The number of halogens is 4. The van der Waals surface area contributed by atoms with Crippen molar-refractivity contribution in [1.82, 2.24) is 0 Å². The van der Waals surface area contributed by atoms with Gasteiger partial charge in [0.2, 0.25) is 0 Å². The van der Waals surface area contributed by atoms with Crippen molar-refractivity contribution >= 4 is 38.9 Å². The van der Waals surface area contributed by atoms with Gasteiger partial charge in [-0.1, -0.05) is 6.07 Å². The maximum absolute atomic E-state index is 13.6. The Bertz CT molecular complexity index is 534. The Balaban J connectivity index is 2.39. The third-order valence-electron chi connectivity index (χ3n) is 2.36. The highest BCUT2D eigenvalue weighted by atomic mass is 79.9. The minimum absolute atomic E-state index is 0.293. The van der Waals surface area contributed by atoms with E-state index in [-0.39, 0.29) is 0 Å². The monoisotopic (exact) mass is 336 g/mol. The Morgan fingerprint density at radius 1 is 1.29 bits per heavy atom. The summed E-state index contributed by atoms with van der Waals surface area (Å²) in [6, 6.07) is 5.34. The molecule has 1 unspecified atom stereocenters. The van der Waals surface area contributed by atoms with Crippen molar-refractivity contribution < 1.29 is 8.78 Å². The van der Waals surface area contributed by atoms with Crippen molar-refractivity contribution in [1.29, 1.82) is 0 Å². The molecule has 0 bridgehead atoms. The molecule has 2 aromatic rings. The predicted molar refractivity (Wildman–Crippen MR) is 70.8 cm³/mol. The second kappa shape index (κ2) is 5.04. The average molecular weight is 338 g/mol. The number of hydrogen-bond donors (Lipinski definition) is 0. The first-order valence-electron chi connectivity index (χ1n) is 4.84. The van der Waals surface area contributed by atoms with Crippen LogP contribution in [0.3, 0.4) is 0 Å². The number of hydrogen-bond acceptors (Lipinski definition) is 1. The van der Waals surface area contributed by atoms with Crippen LogP contribution in [0.2, 0.25) is 0 Å². The van der Waals surface area contributed by atoms with E-state index in [1.54, 1.807) is 0 Å². The first-order chi connectivity index (χ1) is 7.99. The highest BCUT2D eigenvalue weighted by Gasteiger charge is 2.18. The van der Waals surface area contributed by atoms with Crippen LogP contribution in [0.5, 0.6) is 0 Å². The quantitative estimate of drug-likeness (QED) is 0.641. The smallest absolute Gasteiger partial charge is 0.131 e. The highest BCUT2D eigenvalue weighted by Crippen LogP contribution is 2.38. The molecule has 0 aliphatic rings. The summed E-state index contributed by atoms with van der Waals surface area (Å²) in [7, 11) is 0. The minimum Gasteiger partial charge on any atom is -0.207 e. The number of thiophene rings is 1. The molecule has 2 rings (SSSR count). The lowest BCUT2D eigenvalue weighted by molar-refractivity contribution is 0.574. The van der Waals surface area contributed by atoms with E-state index >= 15 is 0 Å². The van der Waals surface area contributed by atoms with Crippen LogP contribution in [0.4, 0.5) is 8.78 Å². The Kier molecular flexibility index (Phi) is 3.85. The molecule has 0 aliphatic heterocycles. The molecule has 0 saturated heterocycles. The van der Waals surface area contributed by atoms with Crippen LogP contribution in [0.15, 0.2) is 28.1 Å². The van der Waals surface area contributed by atoms with Crippen LogP contribution in [-0.2, 0) is 0 Å². The van der Waals surface area contributed by atoms with Gasteiger partial charge in [0, 0.05) is 16.5 Å². The van der Waals surface area contributed by atoms with E-state index in [4.69, 9.17) is 11.6 Å². The van der Waals surface area contributed by atoms with Crippen molar-refractivity contribution in [2.45, 2.75) is 12.3 Å². The van der Waals surface area contributed by atoms with E-state index in [9.17, 15) is 8.78 Å². The maximum Gasteiger partial charge on any atom is 0.131 e. The molecular formula is C12H8BrClF2S. The topological polar surface area (TPSA) is 0 Å². The number of alkyl halides is 1. The minimum atomic E-state index is -0.618. The fourth-order valence-corrected chi connectivity index (χ4v) is 3.41. The molecule has 0 nitrogen and oxygen atoms in total. The van der Waals surface area contributed by atoms with Gasteiger partial charge < -0.3 is 0 Å². The summed E-state index contributed by atoms with van der Waals surface area (Å²) in [6.07, 6.45) is 0. The third-order valence-corrected chi connectivity index (χ3v) is 5.16. The zero-order chi connectivity index (χ0) is 12.6. The standard InChI is InChI=1S/C12H8BrClF2S/c1-6-4-10(17-12(6)13)11(14)8-3-2-7(15)5-9(8)16/h2-5,11H,1H3. The first kappa shape index (κ1) is 13.0. The molecular weight excluding hydrogens is 330 g/mol. The first-order valence-corrected chi connectivity index (χ1v) is 6.88. The molecule has 1 aromatic carbocycles. The molecule has 0 fully saturated rings. The summed E-state index contributed by atoms with van der Waals surface area (Å²) in [5.41, 5.74) is 1.35. The summed E-state index contributed by atoms with van der Waals surface area (Å²) in [4.78, 5) is 0.835. The van der Waals surface area contributed by atoms with Gasteiger partial charge >= 0.3 is 0 Å². The SMILES string of the molecule is Cc1cc(C(Cl)c2ccc(F)cc2F)sc1Br. The van der Waals surface area contributed by atoms with Crippen molar-refractivity contribution in [3.63, 3.8) is 0 Å². The van der Waals surface area contributed by atoms with Crippen molar-refractivity contribution in [3.8, 4) is 0 Å². The van der Waals surface area contributed by atoms with E-state index < -0.39 is 17.0 Å². The average Bonchev–Trinajstić information content (AvgIpc) is 2.58. The number of benzene rings is 1. The molecule has 90 valence electrons. The molecule has 1 aromatic heterocycles. The molecule has 0 aliphatic carbocycles. The summed E-state index contributed by atoms with van der Waals surface area (Å²) in [6.45, 7) is 1.94. The summed E-state index contributed by atoms with van der Waals surface area (Å²) < 4.78 is 27.3. The van der Waals surface area contributed by atoms with Crippen LogP contribution < -0.4 is 0 Å². The lowest BCUT2D eigenvalue weighted by atomic mass is 10.1. The van der Waals surface area contributed by atoms with E-state index in [1.807, 2.05) is 13.0 Å². The van der Waals surface area contributed by atoms with E-state index in [2.05, 4.69) is 15.9 Å². The van der Waals surface area contributed by atoms with Gasteiger partial charge in [-0.05, 0) is 40.5 Å². The van der Waals surface area contributed by atoms with Crippen LogP contribution in [0, 0.1) is 18.6 Å². The van der Waals surface area contributed by atoms with Crippen molar-refractivity contribution in [3.05, 3.63) is 55.7 Å². The van der Waals surface area contributed by atoms with Gasteiger partial charge in [0.25, 0.3) is 0 Å². The van der Waals surface area contributed by atoms with Crippen LogP contribution in [0.1, 0.15) is 21.4 Å². The van der Waals surface area contributed by atoms with E-state index in [0.29, 0.717) is 5.56 Å². The van der Waals surface area contributed by atoms with Gasteiger partial charge in [-0.15, -0.1) is 22.9 Å². The Hall–Kier alpha value is -0.450. The second-order valence-electron chi connectivity index (χ2n) is 3.63. The van der Waals surface area contributed by atoms with E-state index in [0.717, 1.165) is 20.3 Å². The molecule has 17 heavy (non-hydrogen) atoms. The van der Waals surface area contributed by atoms with Gasteiger partial charge in [0.1, 0.15) is 11.6 Å². The Labute approximate surface area is 115 Å². The maximum atomic E-state index is 13.6. The van der Waals surface area contributed by atoms with Gasteiger partial charge in [-0.3, -0.25) is 0 Å². The van der Waals surface area contributed by atoms with Crippen molar-refractivity contribution in [2.75, 3.05) is 0 Å². The zero-order valence-corrected chi connectivity index (χ0v) is 12.0. The molecule has 0 amide bonds. The summed E-state index contributed by atoms with van der Waals surface area (Å²) in [5, 5.41) is -0.592. The van der Waals surface area contributed by atoms with Crippen LogP contribution >= 0.6 is 38.9 Å². The van der Waals surface area contributed by atoms with Crippen LogP contribution in [-0.4, -0.2) is 0 Å². The van der Waals surface area contributed by atoms with Gasteiger partial charge in [0.15, 0.2) is 0 Å². The molecule has 1 heterocycles. The van der Waals surface area contributed by atoms with E-state index in [1.165, 1.54) is 23.5 Å². The molecule has 0 radical (unpaired) electrons. The lowest BCUT2D eigenvalue weighted by Gasteiger charge is -2.08. The molecule has 0 N–H and O–H groups in total. The molecule has 5 heteroatoms. The fourth-order valence-electron chi connectivity index (χ4n) is 1.47. The van der Waals surface area contributed by atoms with Gasteiger partial charge in [0.05, 0.1) is 9.16 Å². The normalized spacial score (nSPS) is 12.8. The summed E-state index contributed by atoms with van der Waals surface area (Å²) >= 11 is 11.0. The highest BCUT2D eigenvalue weighted by molar-refractivity contribution is 9.11. The lowest BCUT2D eigenvalue weighted by Crippen LogP contribution is -1.95. The Morgan fingerprint density at radius 3 is 2.53 bits per heavy atom. The zero-order valence-electron chi connectivity index (χ0n) is 8.81. The fraction of sp³-hybridized carbons (Fsp3) is 0.167. The van der Waals surface area contributed by atoms with Crippen molar-refractivity contribution in [2.24, 2.45) is 0 Å². The molecule has 0 saturated carbocycles. The number of rotatable bonds is 2. The third kappa shape index (κ3) is 2.69.